The number of hydrogen-bond acceptors (Lipinski definition) is 2. The van der Waals surface area contributed by atoms with Gasteiger partial charge in [0.15, 0.2) is 0 Å². The maximum Gasteiger partial charge on any atom is 0.219 e. The number of amides is 1. The Balaban J connectivity index is 1.76. The summed E-state index contributed by atoms with van der Waals surface area (Å²) in [6.07, 6.45) is 10.5. The fourth-order valence-corrected chi connectivity index (χ4v) is 1.89. The number of carbonyl (C=O) groups is 1. The van der Waals surface area contributed by atoms with Gasteiger partial charge in [-0.1, -0.05) is 32.6 Å². The van der Waals surface area contributed by atoms with Crippen molar-refractivity contribution in [1.82, 2.24) is 10.6 Å². The quantitative estimate of drug-likeness (QED) is 0.545. The molecule has 3 heteroatoms. The molecule has 1 aliphatic rings. The van der Waals surface area contributed by atoms with Crippen LogP contribution in [0.3, 0.4) is 0 Å². The third kappa shape index (κ3) is 9.16. The Kier molecular flexibility index (Phi) is 8.06. The van der Waals surface area contributed by atoms with Gasteiger partial charge in [0.05, 0.1) is 0 Å². The third-order valence-corrected chi connectivity index (χ3v) is 3.19. The zero-order valence-corrected chi connectivity index (χ0v) is 11.3. The van der Waals surface area contributed by atoms with E-state index >= 15 is 0 Å². The van der Waals surface area contributed by atoms with Crippen LogP contribution in [0.2, 0.25) is 0 Å². The van der Waals surface area contributed by atoms with Gasteiger partial charge in [0.1, 0.15) is 0 Å². The number of hydrogen-bond donors (Lipinski definition) is 2. The van der Waals surface area contributed by atoms with Crippen molar-refractivity contribution in [3.8, 4) is 0 Å². The zero-order chi connectivity index (χ0) is 12.3. The molecule has 0 saturated heterocycles. The highest BCUT2D eigenvalue weighted by Gasteiger charge is 2.19. The predicted octanol–water partition coefficient (Wildman–Crippen LogP) is 2.61. The summed E-state index contributed by atoms with van der Waals surface area (Å²) < 4.78 is 0. The first-order chi connectivity index (χ1) is 8.33. The fourth-order valence-electron chi connectivity index (χ4n) is 1.89. The van der Waals surface area contributed by atoms with Crippen molar-refractivity contribution in [1.29, 1.82) is 0 Å². The van der Waals surface area contributed by atoms with Crippen molar-refractivity contribution in [3.05, 3.63) is 0 Å². The van der Waals surface area contributed by atoms with Crippen molar-refractivity contribution >= 4 is 5.91 Å². The van der Waals surface area contributed by atoms with E-state index in [4.69, 9.17) is 0 Å². The minimum atomic E-state index is 0.230. The molecule has 0 unspecified atom stereocenters. The molecule has 1 aliphatic carbocycles. The molecule has 0 atom stereocenters. The normalized spacial score (nSPS) is 14.9. The van der Waals surface area contributed by atoms with Gasteiger partial charge in [0, 0.05) is 19.0 Å². The summed E-state index contributed by atoms with van der Waals surface area (Å²) in [7, 11) is 0. The molecule has 17 heavy (non-hydrogen) atoms. The first-order valence-corrected chi connectivity index (χ1v) is 7.33. The summed E-state index contributed by atoms with van der Waals surface area (Å²) in [6.45, 7) is 4.08. The van der Waals surface area contributed by atoms with Gasteiger partial charge in [-0.15, -0.1) is 0 Å². The molecule has 100 valence electrons. The molecule has 0 bridgehead atoms. The molecule has 3 nitrogen and oxygen atoms in total. The van der Waals surface area contributed by atoms with Crippen molar-refractivity contribution in [2.24, 2.45) is 0 Å². The fraction of sp³-hybridized carbons (Fsp3) is 0.929. The molecule has 1 amide bonds. The van der Waals surface area contributed by atoms with Gasteiger partial charge < -0.3 is 10.6 Å². The Bertz CT molecular complexity index is 202. The van der Waals surface area contributed by atoms with Crippen LogP contribution in [0, 0.1) is 0 Å². The summed E-state index contributed by atoms with van der Waals surface area (Å²) >= 11 is 0. The van der Waals surface area contributed by atoms with E-state index in [0.717, 1.165) is 32.0 Å². The van der Waals surface area contributed by atoms with Crippen LogP contribution in [-0.2, 0) is 4.79 Å². The molecule has 0 heterocycles. The Hall–Kier alpha value is -0.570. The molecule has 0 aromatic rings. The first-order valence-electron chi connectivity index (χ1n) is 7.33. The van der Waals surface area contributed by atoms with Gasteiger partial charge in [0.2, 0.25) is 5.91 Å². The van der Waals surface area contributed by atoms with Gasteiger partial charge in [0.25, 0.3) is 0 Å². The van der Waals surface area contributed by atoms with E-state index in [1.807, 2.05) is 0 Å². The third-order valence-electron chi connectivity index (χ3n) is 3.19. The molecular weight excluding hydrogens is 212 g/mol. The summed E-state index contributed by atoms with van der Waals surface area (Å²) in [5.41, 5.74) is 0. The second kappa shape index (κ2) is 9.46. The maximum absolute atomic E-state index is 11.5. The van der Waals surface area contributed by atoms with Crippen molar-refractivity contribution in [2.45, 2.75) is 70.8 Å². The van der Waals surface area contributed by atoms with Crippen LogP contribution in [0.1, 0.15) is 64.7 Å². The monoisotopic (exact) mass is 240 g/mol. The highest BCUT2D eigenvalue weighted by Crippen LogP contribution is 2.18. The van der Waals surface area contributed by atoms with Gasteiger partial charge in [-0.3, -0.25) is 4.79 Å². The van der Waals surface area contributed by atoms with Gasteiger partial charge in [-0.2, -0.15) is 0 Å². The Morgan fingerprint density at radius 2 is 1.82 bits per heavy atom. The summed E-state index contributed by atoms with van der Waals surface area (Å²) in [6, 6.07) is 0.782. The van der Waals surface area contributed by atoms with Crippen LogP contribution in [0.4, 0.5) is 0 Å². The molecule has 2 N–H and O–H groups in total. The smallest absolute Gasteiger partial charge is 0.219 e. The lowest BCUT2D eigenvalue weighted by Crippen LogP contribution is -2.27. The van der Waals surface area contributed by atoms with E-state index in [-0.39, 0.29) is 5.91 Å². The summed E-state index contributed by atoms with van der Waals surface area (Å²) in [5, 5.41) is 6.43. The van der Waals surface area contributed by atoms with Crippen molar-refractivity contribution in [2.75, 3.05) is 13.1 Å². The molecule has 1 rings (SSSR count). The molecule has 0 aromatic heterocycles. The summed E-state index contributed by atoms with van der Waals surface area (Å²) in [5.74, 6) is 0.230. The predicted molar refractivity (Wildman–Crippen MR) is 72.0 cm³/mol. The van der Waals surface area contributed by atoms with Crippen molar-refractivity contribution in [3.63, 3.8) is 0 Å². The Labute approximate surface area is 106 Å². The lowest BCUT2D eigenvalue weighted by molar-refractivity contribution is -0.121. The van der Waals surface area contributed by atoms with Gasteiger partial charge in [-0.25, -0.2) is 0 Å². The maximum atomic E-state index is 11.5. The van der Waals surface area contributed by atoms with Gasteiger partial charge in [-0.05, 0) is 32.2 Å². The average molecular weight is 240 g/mol. The number of nitrogens with one attached hydrogen (secondary N) is 2. The van der Waals surface area contributed by atoms with Crippen LogP contribution < -0.4 is 10.6 Å². The van der Waals surface area contributed by atoms with Crippen LogP contribution in [0.15, 0.2) is 0 Å². The standard InChI is InChI=1S/C14H28N2O/c1-2-3-4-5-6-8-14(17)16-12-7-11-15-13-9-10-13/h13,15H,2-12H2,1H3,(H,16,17). The minimum Gasteiger partial charge on any atom is -0.356 e. The molecule has 1 fully saturated rings. The molecule has 0 radical (unpaired) electrons. The highest BCUT2D eigenvalue weighted by atomic mass is 16.1. The lowest BCUT2D eigenvalue weighted by atomic mass is 10.1. The van der Waals surface area contributed by atoms with Crippen LogP contribution >= 0.6 is 0 Å². The number of rotatable bonds is 11. The SMILES string of the molecule is CCCCCCCC(=O)NCCCNC1CC1. The molecule has 0 spiro atoms. The van der Waals surface area contributed by atoms with Gasteiger partial charge >= 0.3 is 0 Å². The van der Waals surface area contributed by atoms with E-state index in [0.29, 0.717) is 6.42 Å². The van der Waals surface area contributed by atoms with E-state index in [2.05, 4.69) is 17.6 Å². The lowest BCUT2D eigenvalue weighted by Gasteiger charge is -2.05. The molecule has 1 saturated carbocycles. The van der Waals surface area contributed by atoms with E-state index in [1.165, 1.54) is 38.5 Å². The van der Waals surface area contributed by atoms with Crippen molar-refractivity contribution < 1.29 is 4.79 Å². The zero-order valence-electron chi connectivity index (χ0n) is 11.3. The summed E-state index contributed by atoms with van der Waals surface area (Å²) in [4.78, 5) is 11.5. The van der Waals surface area contributed by atoms with E-state index < -0.39 is 0 Å². The molecular formula is C14H28N2O. The van der Waals surface area contributed by atoms with Crippen LogP contribution in [0.5, 0.6) is 0 Å². The van der Waals surface area contributed by atoms with E-state index in [9.17, 15) is 4.79 Å². The van der Waals surface area contributed by atoms with Crippen LogP contribution in [-0.4, -0.2) is 25.0 Å². The molecule has 0 aliphatic heterocycles. The largest absolute Gasteiger partial charge is 0.356 e. The Morgan fingerprint density at radius 3 is 2.53 bits per heavy atom. The topological polar surface area (TPSA) is 41.1 Å². The second-order valence-electron chi connectivity index (χ2n) is 5.10. The Morgan fingerprint density at radius 1 is 1.06 bits per heavy atom. The number of unbranched alkanes of at least 4 members (excludes halogenated alkanes) is 4. The molecule has 0 aromatic carbocycles. The van der Waals surface area contributed by atoms with Crippen LogP contribution in [0.25, 0.3) is 0 Å². The first kappa shape index (κ1) is 14.5. The average Bonchev–Trinajstić information content (AvgIpc) is 3.12. The second-order valence-corrected chi connectivity index (χ2v) is 5.10. The highest BCUT2D eigenvalue weighted by molar-refractivity contribution is 5.75. The number of carbonyl (C=O) groups excluding carboxylic acids is 1. The van der Waals surface area contributed by atoms with E-state index in [1.54, 1.807) is 0 Å². The minimum absolute atomic E-state index is 0.230.